The molecule has 1 aliphatic heterocycles. The fraction of sp³-hybridized carbons (Fsp3) is 0.471. The summed E-state index contributed by atoms with van der Waals surface area (Å²) in [6.45, 7) is 8.40. The van der Waals surface area contributed by atoms with Gasteiger partial charge < -0.3 is 11.1 Å². The van der Waals surface area contributed by atoms with Gasteiger partial charge in [-0.15, -0.1) is 31.4 Å². The van der Waals surface area contributed by atoms with Crippen molar-refractivity contribution in [2.75, 3.05) is 19.6 Å². The summed E-state index contributed by atoms with van der Waals surface area (Å²) in [4.78, 5) is 14.9. The Kier molecular flexibility index (Phi) is 10.2. The largest absolute Gasteiger partial charge is 0.351 e. The average Bonchev–Trinajstić information content (AvgIpc) is 2.50. The van der Waals surface area contributed by atoms with Crippen molar-refractivity contribution in [3.8, 4) is 0 Å². The zero-order valence-electron chi connectivity index (χ0n) is 13.8. The molecule has 1 aromatic rings. The Morgan fingerprint density at radius 3 is 2.42 bits per heavy atom. The number of hydrogen-bond acceptors (Lipinski definition) is 3. The highest BCUT2D eigenvalue weighted by Crippen LogP contribution is 2.21. The van der Waals surface area contributed by atoms with Crippen molar-refractivity contribution in [2.45, 2.75) is 31.3 Å². The first-order chi connectivity index (χ1) is 10.4. The van der Waals surface area contributed by atoms with E-state index < -0.39 is 5.54 Å². The second kappa shape index (κ2) is 10.4. The number of carbonyl (C=O) groups excluding carboxylic acids is 1. The SMILES string of the molecule is C=CCN1CCC(NC(=O)C(C)(N)c2ccc(Br)cc2)CC1.Cl.Cl. The van der Waals surface area contributed by atoms with Crippen LogP contribution in [0.15, 0.2) is 41.4 Å². The molecular weight excluding hydrogens is 413 g/mol. The van der Waals surface area contributed by atoms with Crippen LogP contribution < -0.4 is 11.1 Å². The van der Waals surface area contributed by atoms with Crippen LogP contribution in [0, 0.1) is 0 Å². The Hall–Kier alpha value is -0.590. The molecule has 1 aromatic carbocycles. The molecule has 24 heavy (non-hydrogen) atoms. The lowest BCUT2D eigenvalue weighted by atomic mass is 9.91. The highest BCUT2D eigenvalue weighted by Gasteiger charge is 2.32. The third-order valence-corrected chi connectivity index (χ3v) is 4.75. The number of nitrogens with zero attached hydrogens (tertiary/aromatic N) is 1. The molecule has 1 heterocycles. The summed E-state index contributed by atoms with van der Waals surface area (Å²) < 4.78 is 0.974. The lowest BCUT2D eigenvalue weighted by molar-refractivity contribution is -0.127. The van der Waals surface area contributed by atoms with Crippen molar-refractivity contribution in [3.05, 3.63) is 47.0 Å². The summed E-state index contributed by atoms with van der Waals surface area (Å²) in [6.07, 6.45) is 3.83. The van der Waals surface area contributed by atoms with Crippen molar-refractivity contribution < 1.29 is 4.79 Å². The second-order valence-electron chi connectivity index (χ2n) is 6.05. The predicted molar refractivity (Wildman–Crippen MR) is 108 cm³/mol. The standard InChI is InChI=1S/C17H24BrN3O.2ClH/c1-3-10-21-11-8-15(9-12-21)20-16(22)17(2,19)13-4-6-14(18)7-5-13;;/h3-7,15H,1,8-12,19H2,2H3,(H,20,22);2*1H. The maximum atomic E-state index is 12.5. The Morgan fingerprint density at radius 2 is 1.92 bits per heavy atom. The number of nitrogens with two attached hydrogens (primary N) is 1. The van der Waals surface area contributed by atoms with Gasteiger partial charge in [0, 0.05) is 30.1 Å². The number of benzene rings is 1. The maximum absolute atomic E-state index is 12.5. The number of hydrogen-bond donors (Lipinski definition) is 2. The van der Waals surface area contributed by atoms with Gasteiger partial charge in [0.05, 0.1) is 0 Å². The van der Waals surface area contributed by atoms with Gasteiger partial charge in [0.2, 0.25) is 5.91 Å². The van der Waals surface area contributed by atoms with E-state index in [9.17, 15) is 4.79 Å². The smallest absolute Gasteiger partial charge is 0.244 e. The fourth-order valence-electron chi connectivity index (χ4n) is 2.70. The van der Waals surface area contributed by atoms with E-state index in [1.54, 1.807) is 6.92 Å². The van der Waals surface area contributed by atoms with Gasteiger partial charge in [-0.1, -0.05) is 34.1 Å². The molecule has 1 fully saturated rings. The first-order valence-electron chi connectivity index (χ1n) is 7.62. The van der Waals surface area contributed by atoms with Crippen molar-refractivity contribution in [1.82, 2.24) is 10.2 Å². The van der Waals surface area contributed by atoms with E-state index in [1.165, 1.54) is 0 Å². The number of rotatable bonds is 5. The maximum Gasteiger partial charge on any atom is 0.244 e. The number of carbonyl (C=O) groups is 1. The van der Waals surface area contributed by atoms with Gasteiger partial charge in [0.1, 0.15) is 5.54 Å². The van der Waals surface area contributed by atoms with E-state index in [0.29, 0.717) is 0 Å². The van der Waals surface area contributed by atoms with Gasteiger partial charge in [-0.3, -0.25) is 9.69 Å². The van der Waals surface area contributed by atoms with Gasteiger partial charge in [0.15, 0.2) is 0 Å². The summed E-state index contributed by atoms with van der Waals surface area (Å²) in [7, 11) is 0. The van der Waals surface area contributed by atoms with E-state index in [2.05, 4.69) is 32.7 Å². The molecule has 136 valence electrons. The molecule has 2 rings (SSSR count). The molecule has 1 unspecified atom stereocenters. The summed E-state index contributed by atoms with van der Waals surface area (Å²) in [6, 6.07) is 7.78. The Balaban J connectivity index is 0.00000264. The van der Waals surface area contributed by atoms with E-state index in [4.69, 9.17) is 5.73 Å². The summed E-state index contributed by atoms with van der Waals surface area (Å²) in [5, 5.41) is 3.11. The van der Waals surface area contributed by atoms with Crippen molar-refractivity contribution in [3.63, 3.8) is 0 Å². The van der Waals surface area contributed by atoms with Crippen LogP contribution in [0.4, 0.5) is 0 Å². The third kappa shape index (κ3) is 6.05. The van der Waals surface area contributed by atoms with Crippen molar-refractivity contribution in [1.29, 1.82) is 0 Å². The highest BCUT2D eigenvalue weighted by molar-refractivity contribution is 9.10. The monoisotopic (exact) mass is 437 g/mol. The fourth-order valence-corrected chi connectivity index (χ4v) is 2.97. The molecule has 1 aliphatic rings. The van der Waals surface area contributed by atoms with Crippen LogP contribution in [-0.2, 0) is 10.3 Å². The summed E-state index contributed by atoms with van der Waals surface area (Å²) >= 11 is 3.39. The van der Waals surface area contributed by atoms with Crippen LogP contribution >= 0.6 is 40.7 Å². The third-order valence-electron chi connectivity index (χ3n) is 4.23. The molecule has 0 saturated carbocycles. The van der Waals surface area contributed by atoms with E-state index in [0.717, 1.165) is 42.5 Å². The molecule has 4 nitrogen and oxygen atoms in total. The highest BCUT2D eigenvalue weighted by atomic mass is 79.9. The van der Waals surface area contributed by atoms with E-state index in [-0.39, 0.29) is 36.8 Å². The van der Waals surface area contributed by atoms with Crippen LogP contribution in [0.5, 0.6) is 0 Å². The number of likely N-dealkylation sites (tertiary alicyclic amines) is 1. The average molecular weight is 439 g/mol. The molecule has 0 bridgehead atoms. The summed E-state index contributed by atoms with van der Waals surface area (Å²) in [5.41, 5.74) is 6.07. The lowest BCUT2D eigenvalue weighted by Gasteiger charge is -2.34. The first-order valence-corrected chi connectivity index (χ1v) is 8.42. The van der Waals surface area contributed by atoms with Crippen LogP contribution in [-0.4, -0.2) is 36.5 Å². The van der Waals surface area contributed by atoms with Gasteiger partial charge in [-0.2, -0.15) is 0 Å². The van der Waals surface area contributed by atoms with Crippen LogP contribution in [0.3, 0.4) is 0 Å². The molecule has 1 saturated heterocycles. The normalized spacial score (nSPS) is 17.8. The quantitative estimate of drug-likeness (QED) is 0.693. The van der Waals surface area contributed by atoms with Crippen molar-refractivity contribution in [2.24, 2.45) is 5.73 Å². The van der Waals surface area contributed by atoms with Gasteiger partial charge in [-0.05, 0) is 37.5 Å². The molecule has 0 spiro atoms. The van der Waals surface area contributed by atoms with Crippen LogP contribution in [0.1, 0.15) is 25.3 Å². The van der Waals surface area contributed by atoms with E-state index in [1.807, 2.05) is 30.3 Å². The number of piperidine rings is 1. The predicted octanol–water partition coefficient (Wildman–Crippen LogP) is 3.23. The molecule has 0 aromatic heterocycles. The second-order valence-corrected chi connectivity index (χ2v) is 6.96. The minimum absolute atomic E-state index is 0. The molecule has 1 atom stereocenters. The lowest BCUT2D eigenvalue weighted by Crippen LogP contribution is -2.54. The molecular formula is C17H26BrCl2N3O. The van der Waals surface area contributed by atoms with Gasteiger partial charge >= 0.3 is 0 Å². The minimum Gasteiger partial charge on any atom is -0.351 e. The number of nitrogens with one attached hydrogen (secondary N) is 1. The van der Waals surface area contributed by atoms with Gasteiger partial charge in [0.25, 0.3) is 0 Å². The zero-order chi connectivity index (χ0) is 16.2. The van der Waals surface area contributed by atoms with E-state index >= 15 is 0 Å². The van der Waals surface area contributed by atoms with Crippen molar-refractivity contribution >= 4 is 46.7 Å². The topological polar surface area (TPSA) is 58.4 Å². The Bertz CT molecular complexity index is 529. The van der Waals surface area contributed by atoms with Gasteiger partial charge in [-0.25, -0.2) is 0 Å². The molecule has 7 heteroatoms. The Labute approximate surface area is 165 Å². The molecule has 1 amide bonds. The zero-order valence-corrected chi connectivity index (χ0v) is 17.1. The Morgan fingerprint density at radius 1 is 1.38 bits per heavy atom. The molecule has 0 aliphatic carbocycles. The van der Waals surface area contributed by atoms with Crippen LogP contribution in [0.2, 0.25) is 0 Å². The molecule has 3 N–H and O–H groups in total. The number of amides is 1. The first kappa shape index (κ1) is 23.4. The number of halogens is 3. The molecule has 0 radical (unpaired) electrons. The van der Waals surface area contributed by atoms with Crippen LogP contribution in [0.25, 0.3) is 0 Å². The summed E-state index contributed by atoms with van der Waals surface area (Å²) in [5.74, 6) is -0.114. The minimum atomic E-state index is -1.01.